The fourth-order valence-corrected chi connectivity index (χ4v) is 3.44. The topological polar surface area (TPSA) is 111 Å². The van der Waals surface area contributed by atoms with Crippen molar-refractivity contribution in [3.05, 3.63) is 35.3 Å². The number of rotatable bonds is 10. The second-order valence-corrected chi connectivity index (χ2v) is 8.20. The van der Waals surface area contributed by atoms with Crippen LogP contribution in [-0.2, 0) is 14.8 Å². The zero-order chi connectivity index (χ0) is 19.0. The van der Waals surface area contributed by atoms with Crippen LogP contribution >= 0.6 is 11.3 Å². The molecule has 7 nitrogen and oxygen atoms in total. The van der Waals surface area contributed by atoms with Gasteiger partial charge in [0.15, 0.2) is 10.8 Å². The summed E-state index contributed by atoms with van der Waals surface area (Å²) in [7, 11) is -3.72. The van der Waals surface area contributed by atoms with Gasteiger partial charge in [-0.15, -0.1) is 11.3 Å². The zero-order valence-corrected chi connectivity index (χ0v) is 16.2. The summed E-state index contributed by atoms with van der Waals surface area (Å²) >= 11 is 1.27. The highest BCUT2D eigenvalue weighted by Crippen LogP contribution is 2.22. The quantitative estimate of drug-likeness (QED) is 0.467. The molecule has 0 aliphatic heterocycles. The number of carbonyl (C=O) groups is 1. The predicted molar refractivity (Wildman–Crippen MR) is 102 cm³/mol. The Morgan fingerprint density at radius 2 is 1.88 bits per heavy atom. The van der Waals surface area contributed by atoms with Gasteiger partial charge in [-0.25, -0.2) is 23.3 Å². The van der Waals surface area contributed by atoms with Gasteiger partial charge in [-0.05, 0) is 30.7 Å². The molecule has 0 fully saturated rings. The van der Waals surface area contributed by atoms with E-state index in [9.17, 15) is 13.2 Å². The second kappa shape index (κ2) is 9.65. The number of sulfonamides is 1. The summed E-state index contributed by atoms with van der Waals surface area (Å²) in [5.41, 5.74) is 0.898. The first kappa shape index (κ1) is 20.3. The molecule has 0 saturated carbocycles. The minimum atomic E-state index is -3.72. The van der Waals surface area contributed by atoms with Gasteiger partial charge < -0.3 is 10.1 Å². The van der Waals surface area contributed by atoms with Crippen LogP contribution in [0.2, 0.25) is 0 Å². The number of anilines is 2. The van der Waals surface area contributed by atoms with E-state index in [0.29, 0.717) is 17.4 Å². The van der Waals surface area contributed by atoms with Gasteiger partial charge in [-0.2, -0.15) is 0 Å². The van der Waals surface area contributed by atoms with Crippen LogP contribution in [0, 0.1) is 0 Å². The van der Waals surface area contributed by atoms with Gasteiger partial charge in [0.25, 0.3) is 0 Å². The molecule has 1 aromatic carbocycles. The van der Waals surface area contributed by atoms with Crippen molar-refractivity contribution in [2.75, 3.05) is 11.9 Å². The second-order valence-electron chi connectivity index (χ2n) is 5.78. The number of nitrogens with zero attached hydrogens (tertiary/aromatic N) is 1. The number of aromatic nitrogens is 1. The molecule has 0 bridgehead atoms. The van der Waals surface area contributed by atoms with Crippen molar-refractivity contribution in [1.29, 1.82) is 0 Å². The first-order valence-corrected chi connectivity index (χ1v) is 10.9. The maximum atomic E-state index is 12.0. The molecule has 0 aliphatic rings. The third-order valence-corrected chi connectivity index (χ3v) is 5.32. The Hall–Kier alpha value is -1.97. The molecular formula is C17H23N3O4S2. The van der Waals surface area contributed by atoms with Crippen molar-refractivity contribution < 1.29 is 17.9 Å². The standard InChI is InChI=1S/C17H23N3O4S2/c1-2-3-4-5-6-11-24-16(21)15-12-25-17(20-15)19-13-7-9-14(10-8-13)26(18,22)23/h7-10,12H,2-6,11H2,1H3,(H,19,20)(H2,18,22,23). The van der Waals surface area contributed by atoms with Gasteiger partial charge in [-0.3, -0.25) is 0 Å². The Labute approximate surface area is 157 Å². The predicted octanol–water partition coefficient (Wildman–Crippen LogP) is 3.66. The maximum absolute atomic E-state index is 12.0. The number of esters is 1. The third-order valence-electron chi connectivity index (χ3n) is 3.63. The Morgan fingerprint density at radius 1 is 1.19 bits per heavy atom. The Bertz CT molecular complexity index is 817. The Morgan fingerprint density at radius 3 is 2.54 bits per heavy atom. The average molecular weight is 398 g/mol. The fourth-order valence-electron chi connectivity index (χ4n) is 2.22. The molecule has 0 spiro atoms. The van der Waals surface area contributed by atoms with Crippen LogP contribution in [0.25, 0.3) is 0 Å². The van der Waals surface area contributed by atoms with Gasteiger partial charge in [0.05, 0.1) is 11.5 Å². The molecule has 3 N–H and O–H groups in total. The van der Waals surface area contributed by atoms with Gasteiger partial charge in [0, 0.05) is 11.1 Å². The molecule has 2 aromatic rings. The number of nitrogens with one attached hydrogen (secondary N) is 1. The molecule has 26 heavy (non-hydrogen) atoms. The number of benzene rings is 1. The van der Waals surface area contributed by atoms with E-state index >= 15 is 0 Å². The highest BCUT2D eigenvalue weighted by atomic mass is 32.2. The van der Waals surface area contributed by atoms with E-state index in [1.807, 2.05) is 0 Å². The number of nitrogens with two attached hydrogens (primary N) is 1. The van der Waals surface area contributed by atoms with E-state index in [1.54, 1.807) is 17.5 Å². The molecule has 1 aromatic heterocycles. The van der Waals surface area contributed by atoms with Crippen LogP contribution in [0.15, 0.2) is 34.5 Å². The lowest BCUT2D eigenvalue weighted by molar-refractivity contribution is 0.0492. The molecule has 1 heterocycles. The van der Waals surface area contributed by atoms with E-state index in [1.165, 1.54) is 36.3 Å². The first-order valence-electron chi connectivity index (χ1n) is 8.42. The number of hydrogen-bond donors (Lipinski definition) is 2. The lowest BCUT2D eigenvalue weighted by Gasteiger charge is -2.04. The third kappa shape index (κ3) is 6.40. The van der Waals surface area contributed by atoms with Crippen LogP contribution < -0.4 is 10.5 Å². The van der Waals surface area contributed by atoms with Gasteiger partial charge >= 0.3 is 5.97 Å². The molecule has 0 atom stereocenters. The smallest absolute Gasteiger partial charge is 0.357 e. The highest BCUT2D eigenvalue weighted by molar-refractivity contribution is 7.89. The number of hydrogen-bond acceptors (Lipinski definition) is 7. The largest absolute Gasteiger partial charge is 0.461 e. The van der Waals surface area contributed by atoms with Crippen LogP contribution in [0.4, 0.5) is 10.8 Å². The highest BCUT2D eigenvalue weighted by Gasteiger charge is 2.13. The minimum absolute atomic E-state index is 0.0328. The summed E-state index contributed by atoms with van der Waals surface area (Å²) in [6, 6.07) is 5.96. The lowest BCUT2D eigenvalue weighted by Crippen LogP contribution is -2.11. The molecule has 0 aliphatic carbocycles. The summed E-state index contributed by atoms with van der Waals surface area (Å²) < 4.78 is 27.7. The molecular weight excluding hydrogens is 374 g/mol. The van der Waals surface area contributed by atoms with Crippen LogP contribution in [-0.4, -0.2) is 26.0 Å². The van der Waals surface area contributed by atoms with Crippen molar-refractivity contribution in [2.24, 2.45) is 5.14 Å². The Balaban J connectivity index is 1.84. The molecule has 9 heteroatoms. The summed E-state index contributed by atoms with van der Waals surface area (Å²) in [6.07, 6.45) is 5.45. The van der Waals surface area contributed by atoms with Crippen molar-refractivity contribution in [2.45, 2.75) is 43.9 Å². The normalized spacial score (nSPS) is 11.3. The summed E-state index contributed by atoms with van der Waals surface area (Å²) in [6.45, 7) is 2.56. The zero-order valence-electron chi connectivity index (χ0n) is 14.6. The summed E-state index contributed by atoms with van der Waals surface area (Å²) in [4.78, 5) is 16.2. The van der Waals surface area contributed by atoms with E-state index in [0.717, 1.165) is 19.3 Å². The summed E-state index contributed by atoms with van der Waals surface area (Å²) in [5.74, 6) is -0.436. The summed E-state index contributed by atoms with van der Waals surface area (Å²) in [5, 5.41) is 10.2. The SMILES string of the molecule is CCCCCCCOC(=O)c1csc(Nc2ccc(S(N)(=O)=O)cc2)n1. The maximum Gasteiger partial charge on any atom is 0.357 e. The number of unbranched alkanes of at least 4 members (excludes halogenated alkanes) is 4. The van der Waals surface area contributed by atoms with Crippen LogP contribution in [0.3, 0.4) is 0 Å². The van der Waals surface area contributed by atoms with E-state index in [2.05, 4.69) is 17.2 Å². The Kier molecular flexibility index (Phi) is 7.55. The molecule has 0 radical (unpaired) electrons. The van der Waals surface area contributed by atoms with Crippen molar-refractivity contribution in [3.8, 4) is 0 Å². The number of primary sulfonamides is 1. The van der Waals surface area contributed by atoms with Crippen LogP contribution in [0.5, 0.6) is 0 Å². The molecule has 2 rings (SSSR count). The first-order chi connectivity index (χ1) is 12.4. The van der Waals surface area contributed by atoms with E-state index < -0.39 is 16.0 Å². The number of ether oxygens (including phenoxy) is 1. The fraction of sp³-hybridized carbons (Fsp3) is 0.412. The van der Waals surface area contributed by atoms with Gasteiger partial charge in [0.2, 0.25) is 10.0 Å². The van der Waals surface area contributed by atoms with Crippen molar-refractivity contribution in [1.82, 2.24) is 4.98 Å². The molecule has 0 saturated heterocycles. The van der Waals surface area contributed by atoms with Crippen molar-refractivity contribution >= 4 is 38.1 Å². The average Bonchev–Trinajstić information content (AvgIpc) is 3.06. The molecule has 142 valence electrons. The van der Waals surface area contributed by atoms with Gasteiger partial charge in [-0.1, -0.05) is 32.6 Å². The van der Waals surface area contributed by atoms with E-state index in [-0.39, 0.29) is 10.6 Å². The molecule has 0 unspecified atom stereocenters. The monoisotopic (exact) mass is 397 g/mol. The molecule has 0 amide bonds. The lowest BCUT2D eigenvalue weighted by atomic mass is 10.2. The van der Waals surface area contributed by atoms with Crippen LogP contribution in [0.1, 0.15) is 49.5 Å². The minimum Gasteiger partial charge on any atom is -0.461 e. The van der Waals surface area contributed by atoms with Crippen molar-refractivity contribution in [3.63, 3.8) is 0 Å². The number of thiazole rings is 1. The van der Waals surface area contributed by atoms with Gasteiger partial charge in [0.1, 0.15) is 0 Å². The van der Waals surface area contributed by atoms with E-state index in [4.69, 9.17) is 9.88 Å². The number of carbonyl (C=O) groups excluding carboxylic acids is 1.